The van der Waals surface area contributed by atoms with E-state index in [4.69, 9.17) is 0 Å². The van der Waals surface area contributed by atoms with Crippen LogP contribution in [0.2, 0.25) is 0 Å². The van der Waals surface area contributed by atoms with Crippen molar-refractivity contribution < 1.29 is 0 Å². The third kappa shape index (κ3) is 4.64. The van der Waals surface area contributed by atoms with Gasteiger partial charge in [-0.15, -0.1) is 0 Å². The maximum absolute atomic E-state index is 3.65. The van der Waals surface area contributed by atoms with Gasteiger partial charge in [-0.25, -0.2) is 0 Å². The zero-order valence-electron chi connectivity index (χ0n) is 10.4. The SMILES string of the molecule is C1CCC(CCCN2CCCSCC2)NC1. The van der Waals surface area contributed by atoms with E-state index in [1.165, 1.54) is 76.2 Å². The van der Waals surface area contributed by atoms with Crippen LogP contribution in [0, 0.1) is 0 Å². The lowest BCUT2D eigenvalue weighted by Gasteiger charge is -2.25. The molecule has 2 aliphatic heterocycles. The van der Waals surface area contributed by atoms with Crippen LogP contribution < -0.4 is 5.32 Å². The maximum atomic E-state index is 3.65. The summed E-state index contributed by atoms with van der Waals surface area (Å²) in [7, 11) is 0. The van der Waals surface area contributed by atoms with E-state index in [1.54, 1.807) is 0 Å². The Hall–Kier alpha value is 0.270. The van der Waals surface area contributed by atoms with E-state index in [0.717, 1.165) is 6.04 Å². The molecular formula is C13H26N2S. The van der Waals surface area contributed by atoms with Crippen LogP contribution in [-0.2, 0) is 0 Å². The van der Waals surface area contributed by atoms with Crippen molar-refractivity contribution in [1.82, 2.24) is 10.2 Å². The minimum Gasteiger partial charge on any atom is -0.314 e. The summed E-state index contributed by atoms with van der Waals surface area (Å²) < 4.78 is 0. The molecule has 2 rings (SSSR count). The molecule has 2 fully saturated rings. The first-order valence-electron chi connectivity index (χ1n) is 6.98. The Kier molecular flexibility index (Phi) is 6.02. The number of nitrogens with one attached hydrogen (secondary N) is 1. The van der Waals surface area contributed by atoms with Crippen molar-refractivity contribution in [3.05, 3.63) is 0 Å². The van der Waals surface area contributed by atoms with Crippen LogP contribution >= 0.6 is 11.8 Å². The highest BCUT2D eigenvalue weighted by Crippen LogP contribution is 2.14. The summed E-state index contributed by atoms with van der Waals surface area (Å²) in [5.74, 6) is 2.72. The highest BCUT2D eigenvalue weighted by molar-refractivity contribution is 7.99. The molecule has 1 N–H and O–H groups in total. The molecule has 0 aromatic rings. The smallest absolute Gasteiger partial charge is 0.00723 e. The fourth-order valence-corrected chi connectivity index (χ4v) is 3.68. The monoisotopic (exact) mass is 242 g/mol. The second kappa shape index (κ2) is 7.57. The second-order valence-electron chi connectivity index (χ2n) is 5.10. The molecule has 0 amide bonds. The van der Waals surface area contributed by atoms with Crippen molar-refractivity contribution in [2.75, 3.05) is 37.7 Å². The first-order chi connectivity index (χ1) is 7.95. The van der Waals surface area contributed by atoms with Crippen LogP contribution in [0.5, 0.6) is 0 Å². The molecule has 94 valence electrons. The van der Waals surface area contributed by atoms with Crippen LogP contribution in [-0.4, -0.2) is 48.6 Å². The van der Waals surface area contributed by atoms with Gasteiger partial charge in [0.15, 0.2) is 0 Å². The molecule has 2 nitrogen and oxygen atoms in total. The van der Waals surface area contributed by atoms with Gasteiger partial charge < -0.3 is 10.2 Å². The van der Waals surface area contributed by atoms with Gasteiger partial charge in [0.05, 0.1) is 0 Å². The molecule has 2 heterocycles. The van der Waals surface area contributed by atoms with Gasteiger partial charge in [0.2, 0.25) is 0 Å². The summed E-state index contributed by atoms with van der Waals surface area (Å²) in [4.78, 5) is 2.67. The second-order valence-corrected chi connectivity index (χ2v) is 6.32. The Morgan fingerprint density at radius 3 is 3.00 bits per heavy atom. The molecule has 2 aliphatic rings. The Labute approximate surface area is 105 Å². The standard InChI is InChI=1S/C13H26N2S/c1-2-7-14-13(5-1)6-3-8-15-9-4-11-16-12-10-15/h13-14H,1-12H2. The van der Waals surface area contributed by atoms with Crippen LogP contribution in [0.4, 0.5) is 0 Å². The normalized spacial score (nSPS) is 28.9. The third-order valence-electron chi connectivity index (χ3n) is 3.75. The average molecular weight is 242 g/mol. The molecule has 0 radical (unpaired) electrons. The van der Waals surface area contributed by atoms with Gasteiger partial charge in [0.25, 0.3) is 0 Å². The van der Waals surface area contributed by atoms with Crippen molar-refractivity contribution >= 4 is 11.8 Å². The van der Waals surface area contributed by atoms with Gasteiger partial charge in [-0.1, -0.05) is 6.42 Å². The van der Waals surface area contributed by atoms with E-state index in [9.17, 15) is 0 Å². The highest BCUT2D eigenvalue weighted by atomic mass is 32.2. The largest absolute Gasteiger partial charge is 0.314 e. The Bertz CT molecular complexity index is 173. The lowest BCUT2D eigenvalue weighted by atomic mass is 10.0. The van der Waals surface area contributed by atoms with Gasteiger partial charge in [-0.3, -0.25) is 0 Å². The van der Waals surface area contributed by atoms with E-state index in [0.29, 0.717) is 0 Å². The van der Waals surface area contributed by atoms with Gasteiger partial charge in [-0.05, 0) is 57.5 Å². The number of hydrogen-bond donors (Lipinski definition) is 1. The van der Waals surface area contributed by atoms with Crippen LogP contribution in [0.1, 0.15) is 38.5 Å². The summed E-state index contributed by atoms with van der Waals surface area (Å²) in [6.07, 6.45) is 8.42. The number of thioether (sulfide) groups is 1. The molecule has 0 bridgehead atoms. The van der Waals surface area contributed by atoms with Gasteiger partial charge in [0, 0.05) is 18.3 Å². The minimum absolute atomic E-state index is 0.829. The number of rotatable bonds is 4. The topological polar surface area (TPSA) is 15.3 Å². The van der Waals surface area contributed by atoms with Crippen molar-refractivity contribution in [3.63, 3.8) is 0 Å². The molecule has 3 heteroatoms. The van der Waals surface area contributed by atoms with Crippen LogP contribution in [0.15, 0.2) is 0 Å². The molecule has 0 aromatic carbocycles. The van der Waals surface area contributed by atoms with Crippen molar-refractivity contribution in [1.29, 1.82) is 0 Å². The van der Waals surface area contributed by atoms with Gasteiger partial charge in [-0.2, -0.15) is 11.8 Å². The molecular weight excluding hydrogens is 216 g/mol. The Balaban J connectivity index is 1.55. The molecule has 0 aromatic heterocycles. The minimum atomic E-state index is 0.829. The van der Waals surface area contributed by atoms with E-state index in [2.05, 4.69) is 22.0 Å². The highest BCUT2D eigenvalue weighted by Gasteiger charge is 2.13. The molecule has 2 saturated heterocycles. The summed E-state index contributed by atoms with van der Waals surface area (Å²) in [5.41, 5.74) is 0. The molecule has 0 spiro atoms. The molecule has 1 atom stereocenters. The third-order valence-corrected chi connectivity index (χ3v) is 4.80. The summed E-state index contributed by atoms with van der Waals surface area (Å²) in [6.45, 7) is 5.25. The molecule has 1 unspecified atom stereocenters. The van der Waals surface area contributed by atoms with E-state index < -0.39 is 0 Å². The van der Waals surface area contributed by atoms with Crippen molar-refractivity contribution in [3.8, 4) is 0 Å². The number of hydrogen-bond acceptors (Lipinski definition) is 3. The van der Waals surface area contributed by atoms with Crippen LogP contribution in [0.3, 0.4) is 0 Å². The summed E-state index contributed by atoms with van der Waals surface area (Å²) in [5, 5.41) is 3.65. The fraction of sp³-hybridized carbons (Fsp3) is 1.00. The van der Waals surface area contributed by atoms with E-state index >= 15 is 0 Å². The quantitative estimate of drug-likeness (QED) is 0.815. The summed E-state index contributed by atoms with van der Waals surface area (Å²) >= 11 is 2.13. The van der Waals surface area contributed by atoms with Gasteiger partial charge >= 0.3 is 0 Å². The first kappa shape index (κ1) is 12.7. The van der Waals surface area contributed by atoms with Crippen LogP contribution in [0.25, 0.3) is 0 Å². The first-order valence-corrected chi connectivity index (χ1v) is 8.14. The van der Waals surface area contributed by atoms with E-state index in [-0.39, 0.29) is 0 Å². The van der Waals surface area contributed by atoms with Crippen molar-refractivity contribution in [2.45, 2.75) is 44.6 Å². The predicted molar refractivity (Wildman–Crippen MR) is 73.3 cm³/mol. The average Bonchev–Trinajstić information content (AvgIpc) is 2.59. The lowest BCUT2D eigenvalue weighted by Crippen LogP contribution is -2.35. The maximum Gasteiger partial charge on any atom is 0.00723 e. The van der Waals surface area contributed by atoms with Crippen molar-refractivity contribution in [2.24, 2.45) is 0 Å². The number of nitrogens with zero attached hydrogens (tertiary/aromatic N) is 1. The lowest BCUT2D eigenvalue weighted by molar-refractivity contribution is 0.275. The zero-order valence-corrected chi connectivity index (χ0v) is 11.2. The Morgan fingerprint density at radius 1 is 1.12 bits per heavy atom. The van der Waals surface area contributed by atoms with Gasteiger partial charge in [0.1, 0.15) is 0 Å². The predicted octanol–water partition coefficient (Wildman–Crippen LogP) is 2.35. The fourth-order valence-electron chi connectivity index (χ4n) is 2.75. The molecule has 16 heavy (non-hydrogen) atoms. The number of piperidine rings is 1. The zero-order chi connectivity index (χ0) is 11.1. The van der Waals surface area contributed by atoms with E-state index in [1.807, 2.05) is 0 Å². The Morgan fingerprint density at radius 2 is 2.12 bits per heavy atom. The molecule has 0 saturated carbocycles. The summed E-state index contributed by atoms with van der Waals surface area (Å²) in [6, 6.07) is 0.829. The molecule has 0 aliphatic carbocycles.